The van der Waals surface area contributed by atoms with Gasteiger partial charge in [0, 0.05) is 21.7 Å². The first-order valence-corrected chi connectivity index (χ1v) is 10.7. The first-order valence-electron chi connectivity index (χ1n) is 10.3. The number of ether oxygens (including phenoxy) is 2. The first-order chi connectivity index (χ1) is 15.7. The van der Waals surface area contributed by atoms with Gasteiger partial charge in [-0.3, -0.25) is 0 Å². The van der Waals surface area contributed by atoms with Crippen molar-refractivity contribution in [2.45, 2.75) is 12.1 Å². The van der Waals surface area contributed by atoms with Gasteiger partial charge in [-0.25, -0.2) is 4.68 Å². The van der Waals surface area contributed by atoms with Gasteiger partial charge in [0.2, 0.25) is 5.95 Å². The summed E-state index contributed by atoms with van der Waals surface area (Å²) in [6.45, 7) is 0. The average molecular weight is 443 g/mol. The Kier molecular flexibility index (Phi) is 4.40. The Labute approximate surface area is 190 Å². The molecule has 2 aliphatic rings. The third kappa shape index (κ3) is 2.95. The summed E-state index contributed by atoms with van der Waals surface area (Å²) in [6, 6.07) is 23.7. The summed E-state index contributed by atoms with van der Waals surface area (Å²) in [5.41, 5.74) is 5.08. The van der Waals surface area contributed by atoms with Gasteiger partial charge < -0.3 is 14.8 Å². The highest BCUT2D eigenvalue weighted by Crippen LogP contribution is 2.50. The molecule has 6 rings (SSSR count). The number of aromatic nitrogens is 3. The highest BCUT2D eigenvalue weighted by Gasteiger charge is 2.40. The molecule has 1 N–H and O–H groups in total. The lowest BCUT2D eigenvalue weighted by Gasteiger charge is -2.39. The zero-order valence-electron chi connectivity index (χ0n) is 17.2. The van der Waals surface area contributed by atoms with E-state index in [1.807, 2.05) is 65.3 Å². The minimum absolute atomic E-state index is 0.217. The third-order valence-electron chi connectivity index (χ3n) is 5.90. The van der Waals surface area contributed by atoms with E-state index in [9.17, 15) is 0 Å². The van der Waals surface area contributed by atoms with Crippen molar-refractivity contribution in [2.24, 2.45) is 0 Å². The lowest BCUT2D eigenvalue weighted by molar-refractivity contribution is 0.222. The van der Waals surface area contributed by atoms with Gasteiger partial charge in [0.25, 0.3) is 0 Å². The summed E-state index contributed by atoms with van der Waals surface area (Å²) in [6.07, 6.45) is 1.22. The molecule has 0 saturated heterocycles. The van der Waals surface area contributed by atoms with Gasteiger partial charge in [0.05, 0.1) is 12.8 Å². The second kappa shape index (κ2) is 7.43. The smallest absolute Gasteiger partial charge is 0.226 e. The van der Waals surface area contributed by atoms with E-state index >= 15 is 0 Å². The zero-order valence-corrected chi connectivity index (χ0v) is 18.0. The second-order valence-corrected chi connectivity index (χ2v) is 8.14. The normalized spacial score (nSPS) is 18.7. The molecule has 2 unspecified atom stereocenters. The van der Waals surface area contributed by atoms with Crippen molar-refractivity contribution in [3.05, 3.63) is 106 Å². The SMILES string of the molecule is COc1cccc(C2Oc3ccccc3C3=C2C(c2ccc(Cl)cc2)n2ncnc2N3)c1. The molecule has 2 atom stereocenters. The highest BCUT2D eigenvalue weighted by atomic mass is 35.5. The number of anilines is 1. The van der Waals surface area contributed by atoms with Gasteiger partial charge in [-0.15, -0.1) is 0 Å². The molecular formula is C25H19ClN4O2. The van der Waals surface area contributed by atoms with Gasteiger partial charge in [0.1, 0.15) is 30.0 Å². The molecule has 0 spiro atoms. The second-order valence-electron chi connectivity index (χ2n) is 7.71. The quantitative estimate of drug-likeness (QED) is 0.454. The predicted molar refractivity (Wildman–Crippen MR) is 123 cm³/mol. The minimum Gasteiger partial charge on any atom is -0.497 e. The van der Waals surface area contributed by atoms with Crippen LogP contribution < -0.4 is 14.8 Å². The summed E-state index contributed by atoms with van der Waals surface area (Å²) in [7, 11) is 1.67. The molecule has 32 heavy (non-hydrogen) atoms. The molecule has 0 aliphatic carbocycles. The molecule has 4 aromatic rings. The van der Waals surface area contributed by atoms with Crippen LogP contribution in [0.15, 0.2) is 84.7 Å². The molecule has 6 nitrogen and oxygen atoms in total. The van der Waals surface area contributed by atoms with Crippen LogP contribution in [0.4, 0.5) is 5.95 Å². The summed E-state index contributed by atoms with van der Waals surface area (Å²) in [5, 5.41) is 8.73. The standard InChI is InChI=1S/C25H19ClN4O2/c1-31-18-6-4-5-16(13-18)24-21-22(19-7-2-3-8-20(19)32-24)29-25-27-14-28-30(25)23(21)15-9-11-17(26)12-10-15/h2-14,23-24H,1H3,(H,27,28,29). The predicted octanol–water partition coefficient (Wildman–Crippen LogP) is 5.50. The van der Waals surface area contributed by atoms with Gasteiger partial charge in [0.15, 0.2) is 0 Å². The number of para-hydroxylation sites is 1. The largest absolute Gasteiger partial charge is 0.497 e. The van der Waals surface area contributed by atoms with Crippen LogP contribution in [0, 0.1) is 0 Å². The third-order valence-corrected chi connectivity index (χ3v) is 6.16. The van der Waals surface area contributed by atoms with Crippen LogP contribution in [-0.2, 0) is 0 Å². The monoisotopic (exact) mass is 442 g/mol. The fourth-order valence-corrected chi connectivity index (χ4v) is 4.59. The molecule has 2 aliphatic heterocycles. The van der Waals surface area contributed by atoms with Gasteiger partial charge >= 0.3 is 0 Å². The molecule has 3 heterocycles. The number of fused-ring (bicyclic) bond motifs is 3. The van der Waals surface area contributed by atoms with Crippen molar-refractivity contribution in [1.82, 2.24) is 14.8 Å². The Morgan fingerprint density at radius 1 is 1.00 bits per heavy atom. The number of halogens is 1. The van der Waals surface area contributed by atoms with Crippen LogP contribution in [0.1, 0.15) is 28.8 Å². The van der Waals surface area contributed by atoms with E-state index in [2.05, 4.69) is 27.5 Å². The van der Waals surface area contributed by atoms with E-state index in [0.717, 1.165) is 39.5 Å². The number of methoxy groups -OCH3 is 1. The highest BCUT2D eigenvalue weighted by molar-refractivity contribution is 6.30. The number of benzene rings is 3. The molecule has 7 heteroatoms. The molecule has 0 saturated carbocycles. The summed E-state index contributed by atoms with van der Waals surface area (Å²) < 4.78 is 14.0. The molecule has 0 amide bonds. The maximum Gasteiger partial charge on any atom is 0.226 e. The van der Waals surface area contributed by atoms with E-state index < -0.39 is 0 Å². The lowest BCUT2D eigenvalue weighted by atomic mass is 9.84. The number of hydrogen-bond donors (Lipinski definition) is 1. The average Bonchev–Trinajstić information content (AvgIpc) is 3.31. The molecule has 0 bridgehead atoms. The zero-order chi connectivity index (χ0) is 21.7. The maximum atomic E-state index is 6.61. The van der Waals surface area contributed by atoms with E-state index in [1.54, 1.807) is 13.4 Å². The Morgan fingerprint density at radius 2 is 1.84 bits per heavy atom. The van der Waals surface area contributed by atoms with Crippen molar-refractivity contribution in [2.75, 3.05) is 12.4 Å². The van der Waals surface area contributed by atoms with E-state index in [-0.39, 0.29) is 12.1 Å². The van der Waals surface area contributed by atoms with Crippen LogP contribution in [0.3, 0.4) is 0 Å². The number of rotatable bonds is 3. The van der Waals surface area contributed by atoms with Crippen molar-refractivity contribution in [3.8, 4) is 11.5 Å². The van der Waals surface area contributed by atoms with Crippen molar-refractivity contribution >= 4 is 23.2 Å². The van der Waals surface area contributed by atoms with Crippen LogP contribution in [-0.4, -0.2) is 21.9 Å². The van der Waals surface area contributed by atoms with Gasteiger partial charge in [-0.05, 0) is 42.0 Å². The summed E-state index contributed by atoms with van der Waals surface area (Å²) in [4.78, 5) is 4.46. The molecule has 158 valence electrons. The van der Waals surface area contributed by atoms with Crippen LogP contribution >= 0.6 is 11.6 Å². The maximum absolute atomic E-state index is 6.61. The van der Waals surface area contributed by atoms with Gasteiger partial charge in [-0.1, -0.05) is 48.0 Å². The molecule has 1 aromatic heterocycles. The first kappa shape index (κ1) is 19.0. The number of hydrogen-bond acceptors (Lipinski definition) is 5. The van der Waals surface area contributed by atoms with Crippen molar-refractivity contribution in [1.29, 1.82) is 0 Å². The fourth-order valence-electron chi connectivity index (χ4n) is 4.46. The van der Waals surface area contributed by atoms with Crippen LogP contribution in [0.25, 0.3) is 5.70 Å². The number of nitrogens with zero attached hydrogens (tertiary/aromatic N) is 3. The summed E-state index contributed by atoms with van der Waals surface area (Å²) in [5.74, 6) is 2.28. The Bertz CT molecular complexity index is 1350. The molecule has 0 fully saturated rings. The lowest BCUT2D eigenvalue weighted by Crippen LogP contribution is -2.32. The molecule has 0 radical (unpaired) electrons. The molecular weight excluding hydrogens is 424 g/mol. The van der Waals surface area contributed by atoms with E-state index in [4.69, 9.17) is 21.1 Å². The minimum atomic E-state index is -0.347. The van der Waals surface area contributed by atoms with Crippen molar-refractivity contribution < 1.29 is 9.47 Å². The van der Waals surface area contributed by atoms with Gasteiger partial charge in [-0.2, -0.15) is 10.1 Å². The topological polar surface area (TPSA) is 61.2 Å². The van der Waals surface area contributed by atoms with Crippen LogP contribution in [0.2, 0.25) is 5.02 Å². The van der Waals surface area contributed by atoms with E-state index in [0.29, 0.717) is 11.0 Å². The Hall–Kier alpha value is -3.77. The Balaban J connectivity index is 1.62. The fraction of sp³-hybridized carbons (Fsp3) is 0.120. The molecule has 3 aromatic carbocycles. The number of nitrogens with one attached hydrogen (secondary N) is 1. The summed E-state index contributed by atoms with van der Waals surface area (Å²) >= 11 is 6.19. The van der Waals surface area contributed by atoms with E-state index in [1.165, 1.54) is 0 Å². The van der Waals surface area contributed by atoms with Crippen molar-refractivity contribution in [3.63, 3.8) is 0 Å². The van der Waals surface area contributed by atoms with Crippen LogP contribution in [0.5, 0.6) is 11.5 Å². The Morgan fingerprint density at radius 3 is 2.69 bits per heavy atom.